The quantitative estimate of drug-likeness (QED) is 0.334. The van der Waals surface area contributed by atoms with Gasteiger partial charge in [0, 0.05) is 12.3 Å². The van der Waals surface area contributed by atoms with E-state index in [2.05, 4.69) is 4.98 Å². The average Bonchev–Trinajstić information content (AvgIpc) is 2.43. The number of nitrogens with zero attached hydrogens (tertiary/aromatic N) is 1. The van der Waals surface area contributed by atoms with E-state index in [4.69, 9.17) is 19.6 Å². The largest absolute Gasteiger partial charge is 0.394 e. The molecule has 1 atom stereocenters. The third-order valence-electron chi connectivity index (χ3n) is 2.41. The summed E-state index contributed by atoms with van der Waals surface area (Å²) in [6.45, 7) is 2.79. The van der Waals surface area contributed by atoms with E-state index >= 15 is 0 Å². The Morgan fingerprint density at radius 3 is 2.80 bits per heavy atom. The van der Waals surface area contributed by atoms with Crippen LogP contribution in [0, 0.1) is 0 Å². The number of hydrogen-bond acceptors (Lipinski definition) is 6. The molecule has 8 nitrogen and oxygen atoms in total. The number of aliphatic hydroxyl groups excluding tert-OH is 1. The molecule has 114 valence electrons. The molecule has 1 aromatic heterocycles. The summed E-state index contributed by atoms with van der Waals surface area (Å²) in [4.78, 5) is 34.1. The van der Waals surface area contributed by atoms with Crippen molar-refractivity contribution in [1.29, 1.82) is 0 Å². The Hall–Kier alpha value is -1.48. The molecule has 2 N–H and O–H groups in total. The van der Waals surface area contributed by atoms with Crippen LogP contribution < -0.4 is 11.2 Å². The molecule has 1 unspecified atom stereocenters. The van der Waals surface area contributed by atoms with E-state index < -0.39 is 17.4 Å². The van der Waals surface area contributed by atoms with Crippen molar-refractivity contribution in [3.63, 3.8) is 0 Å². The molecule has 0 spiro atoms. The van der Waals surface area contributed by atoms with Crippen molar-refractivity contribution in [3.05, 3.63) is 33.1 Å². The Bertz CT molecular complexity index is 483. The van der Waals surface area contributed by atoms with Crippen LogP contribution in [0.1, 0.15) is 13.3 Å². The summed E-state index contributed by atoms with van der Waals surface area (Å²) in [5.74, 6) is 0. The molecule has 0 aliphatic carbocycles. The van der Waals surface area contributed by atoms with Crippen molar-refractivity contribution in [3.8, 4) is 0 Å². The molecular formula is C12H20N2O6. The van der Waals surface area contributed by atoms with Crippen LogP contribution in [0.4, 0.5) is 0 Å². The Labute approximate surface area is 115 Å². The highest BCUT2D eigenvalue weighted by molar-refractivity contribution is 4.82. The van der Waals surface area contributed by atoms with E-state index in [1.54, 1.807) is 0 Å². The Kier molecular flexibility index (Phi) is 7.81. The number of aliphatic hydroxyl groups is 1. The summed E-state index contributed by atoms with van der Waals surface area (Å²) >= 11 is 0. The highest BCUT2D eigenvalue weighted by atomic mass is 17.2. The van der Waals surface area contributed by atoms with Gasteiger partial charge in [-0.25, -0.2) is 14.6 Å². The number of hydrogen-bond donors (Lipinski definition) is 2. The second-order valence-corrected chi connectivity index (χ2v) is 4.09. The van der Waals surface area contributed by atoms with Crippen LogP contribution in [0.5, 0.6) is 0 Å². The highest BCUT2D eigenvalue weighted by Gasteiger charge is 2.09. The number of rotatable bonds is 10. The average molecular weight is 288 g/mol. The van der Waals surface area contributed by atoms with Gasteiger partial charge in [0.05, 0.1) is 26.4 Å². The molecule has 0 aromatic carbocycles. The molecule has 0 amide bonds. The first kappa shape index (κ1) is 16.6. The van der Waals surface area contributed by atoms with Gasteiger partial charge in [-0.1, -0.05) is 6.92 Å². The molecular weight excluding hydrogens is 268 g/mol. The number of aromatic amines is 1. The molecule has 0 bridgehead atoms. The van der Waals surface area contributed by atoms with E-state index in [0.29, 0.717) is 6.61 Å². The van der Waals surface area contributed by atoms with Gasteiger partial charge in [0.15, 0.2) is 0 Å². The summed E-state index contributed by atoms with van der Waals surface area (Å²) in [5.41, 5.74) is -0.939. The van der Waals surface area contributed by atoms with Crippen LogP contribution in [0.15, 0.2) is 21.9 Å². The maximum Gasteiger partial charge on any atom is 0.328 e. The first-order chi connectivity index (χ1) is 9.67. The fourth-order valence-corrected chi connectivity index (χ4v) is 1.36. The molecule has 0 aliphatic rings. The lowest BCUT2D eigenvalue weighted by Crippen LogP contribution is -2.31. The molecule has 1 heterocycles. The summed E-state index contributed by atoms with van der Waals surface area (Å²) in [7, 11) is 0. The molecule has 8 heteroatoms. The van der Waals surface area contributed by atoms with E-state index in [0.717, 1.165) is 6.42 Å². The molecule has 0 fully saturated rings. The summed E-state index contributed by atoms with van der Waals surface area (Å²) in [6, 6.07) is 1.26. The van der Waals surface area contributed by atoms with Crippen LogP contribution in [-0.4, -0.2) is 47.2 Å². The van der Waals surface area contributed by atoms with Crippen LogP contribution in [0.25, 0.3) is 0 Å². The zero-order valence-electron chi connectivity index (χ0n) is 11.4. The van der Waals surface area contributed by atoms with Gasteiger partial charge in [0.25, 0.3) is 5.56 Å². The van der Waals surface area contributed by atoms with Crippen molar-refractivity contribution >= 4 is 0 Å². The Morgan fingerprint density at radius 2 is 2.15 bits per heavy atom. The summed E-state index contributed by atoms with van der Waals surface area (Å²) < 4.78 is 6.66. The van der Waals surface area contributed by atoms with Gasteiger partial charge in [0.1, 0.15) is 12.7 Å². The van der Waals surface area contributed by atoms with E-state index in [1.165, 1.54) is 16.8 Å². The number of ether oxygens (including phenoxy) is 1. The number of aromatic nitrogens is 2. The van der Waals surface area contributed by atoms with Gasteiger partial charge >= 0.3 is 5.69 Å². The predicted molar refractivity (Wildman–Crippen MR) is 70.3 cm³/mol. The number of nitrogens with one attached hydrogen (secondary N) is 1. The van der Waals surface area contributed by atoms with Gasteiger partial charge in [-0.15, -0.1) is 0 Å². The first-order valence-corrected chi connectivity index (χ1v) is 6.44. The van der Waals surface area contributed by atoms with Crippen molar-refractivity contribution in [1.82, 2.24) is 9.55 Å². The van der Waals surface area contributed by atoms with Gasteiger partial charge in [-0.05, 0) is 6.42 Å². The van der Waals surface area contributed by atoms with Crippen molar-refractivity contribution in [2.75, 3.05) is 26.4 Å². The molecule has 0 saturated heterocycles. The van der Waals surface area contributed by atoms with Gasteiger partial charge < -0.3 is 9.84 Å². The second-order valence-electron chi connectivity index (χ2n) is 4.09. The SMILES string of the molecule is CCCOOCC(CO)OCCn1ccc(=O)[nH]c1=O. The van der Waals surface area contributed by atoms with Crippen LogP contribution in [0.2, 0.25) is 0 Å². The lowest BCUT2D eigenvalue weighted by atomic mass is 10.4. The van der Waals surface area contributed by atoms with Gasteiger partial charge in [0.2, 0.25) is 0 Å². The van der Waals surface area contributed by atoms with Crippen molar-refractivity contribution in [2.45, 2.75) is 26.0 Å². The smallest absolute Gasteiger partial charge is 0.328 e. The minimum atomic E-state index is -0.523. The standard InChI is InChI=1S/C12H20N2O6/c1-2-6-19-20-9-10(8-15)18-7-5-14-4-3-11(16)13-12(14)17/h3-4,10,15H,2,5-9H2,1H3,(H,13,16,17). The van der Waals surface area contributed by atoms with E-state index in [1.807, 2.05) is 6.92 Å². The van der Waals surface area contributed by atoms with Crippen LogP contribution in [0.3, 0.4) is 0 Å². The van der Waals surface area contributed by atoms with Crippen molar-refractivity contribution in [2.24, 2.45) is 0 Å². The predicted octanol–water partition coefficient (Wildman–Crippen LogP) is -0.728. The van der Waals surface area contributed by atoms with E-state index in [9.17, 15) is 9.59 Å². The monoisotopic (exact) mass is 288 g/mol. The normalized spacial score (nSPS) is 12.5. The molecule has 1 rings (SSSR count). The van der Waals surface area contributed by atoms with Crippen molar-refractivity contribution < 1.29 is 19.6 Å². The highest BCUT2D eigenvalue weighted by Crippen LogP contribution is 1.95. The molecule has 0 aliphatic heterocycles. The minimum absolute atomic E-state index is 0.108. The fourth-order valence-electron chi connectivity index (χ4n) is 1.36. The Balaban J connectivity index is 2.30. The van der Waals surface area contributed by atoms with Crippen LogP contribution in [-0.2, 0) is 21.1 Å². The molecule has 0 radical (unpaired) electrons. The lowest BCUT2D eigenvalue weighted by Gasteiger charge is -2.15. The second kappa shape index (κ2) is 9.43. The Morgan fingerprint density at radius 1 is 1.35 bits per heavy atom. The molecule has 20 heavy (non-hydrogen) atoms. The van der Waals surface area contributed by atoms with Crippen LogP contribution >= 0.6 is 0 Å². The van der Waals surface area contributed by atoms with Gasteiger partial charge in [-0.2, -0.15) is 0 Å². The van der Waals surface area contributed by atoms with E-state index in [-0.39, 0.29) is 26.4 Å². The molecule has 1 aromatic rings. The lowest BCUT2D eigenvalue weighted by molar-refractivity contribution is -0.308. The maximum absolute atomic E-state index is 11.4. The van der Waals surface area contributed by atoms with Gasteiger partial charge in [-0.3, -0.25) is 14.3 Å². The minimum Gasteiger partial charge on any atom is -0.394 e. The maximum atomic E-state index is 11.4. The zero-order valence-corrected chi connectivity index (χ0v) is 11.4. The molecule has 0 saturated carbocycles. The fraction of sp³-hybridized carbons (Fsp3) is 0.667. The third-order valence-corrected chi connectivity index (χ3v) is 2.41. The third kappa shape index (κ3) is 6.11. The first-order valence-electron chi connectivity index (χ1n) is 6.44. The summed E-state index contributed by atoms with van der Waals surface area (Å²) in [6.07, 6.45) is 1.70. The topological polar surface area (TPSA) is 103 Å². The zero-order chi connectivity index (χ0) is 14.8. The summed E-state index contributed by atoms with van der Waals surface area (Å²) in [5, 5.41) is 9.09. The number of H-pyrrole nitrogens is 1.